The summed E-state index contributed by atoms with van der Waals surface area (Å²) in [5.74, 6) is -0.237. The van der Waals surface area contributed by atoms with Gasteiger partial charge in [-0.1, -0.05) is 25.1 Å². The highest BCUT2D eigenvalue weighted by Crippen LogP contribution is 2.36. The molecule has 3 aliphatic rings. The Morgan fingerprint density at radius 2 is 1.92 bits per heavy atom. The number of fused-ring (bicyclic) bond motifs is 1. The molecule has 0 aromatic heterocycles. The van der Waals surface area contributed by atoms with Gasteiger partial charge in [0.1, 0.15) is 0 Å². The normalized spacial score (nSPS) is 29.1. The molecule has 0 aliphatic carbocycles. The molecule has 0 saturated carbocycles. The quantitative estimate of drug-likeness (QED) is 0.916. The van der Waals surface area contributed by atoms with Gasteiger partial charge in [0.2, 0.25) is 11.8 Å². The number of carbonyl (C=O) groups excluding carboxylic acids is 2. The van der Waals surface area contributed by atoms with Gasteiger partial charge >= 0.3 is 0 Å². The van der Waals surface area contributed by atoms with Crippen LogP contribution >= 0.6 is 0 Å². The van der Waals surface area contributed by atoms with Gasteiger partial charge in [-0.25, -0.2) is 0 Å². The van der Waals surface area contributed by atoms with Crippen molar-refractivity contribution < 1.29 is 9.59 Å². The van der Waals surface area contributed by atoms with Crippen LogP contribution in [0.2, 0.25) is 0 Å². The molecule has 3 aliphatic heterocycles. The lowest BCUT2D eigenvalue weighted by molar-refractivity contribution is -0.135. The first-order chi connectivity index (χ1) is 12.2. The van der Waals surface area contributed by atoms with Crippen molar-refractivity contribution in [1.82, 2.24) is 9.80 Å². The minimum Gasteiger partial charge on any atom is -0.338 e. The van der Waals surface area contributed by atoms with Gasteiger partial charge in [0.05, 0.1) is 5.92 Å². The van der Waals surface area contributed by atoms with E-state index < -0.39 is 0 Å². The predicted molar refractivity (Wildman–Crippen MR) is 97.4 cm³/mol. The third-order valence-electron chi connectivity index (χ3n) is 6.17. The number of benzene rings is 1. The Morgan fingerprint density at radius 3 is 2.76 bits per heavy atom. The van der Waals surface area contributed by atoms with E-state index in [1.54, 1.807) is 0 Å². The second-order valence-corrected chi connectivity index (χ2v) is 7.47. The molecule has 2 fully saturated rings. The van der Waals surface area contributed by atoms with Crippen molar-refractivity contribution in [3.63, 3.8) is 0 Å². The van der Waals surface area contributed by atoms with Crippen LogP contribution < -0.4 is 5.32 Å². The zero-order valence-corrected chi connectivity index (χ0v) is 14.9. The van der Waals surface area contributed by atoms with Crippen LogP contribution in [0, 0.1) is 0 Å². The lowest BCUT2D eigenvalue weighted by atomic mass is 9.96. The van der Waals surface area contributed by atoms with Crippen LogP contribution in [0.25, 0.3) is 0 Å². The minimum atomic E-state index is -0.337. The molecule has 0 radical (unpaired) electrons. The lowest BCUT2D eigenvalue weighted by Crippen LogP contribution is -2.48. The molecular formula is C20H27N3O2. The van der Waals surface area contributed by atoms with E-state index in [4.69, 9.17) is 0 Å². The van der Waals surface area contributed by atoms with Gasteiger partial charge in [-0.2, -0.15) is 0 Å². The van der Waals surface area contributed by atoms with Gasteiger partial charge in [0, 0.05) is 30.7 Å². The molecule has 5 nitrogen and oxygen atoms in total. The molecule has 0 bridgehead atoms. The van der Waals surface area contributed by atoms with E-state index in [2.05, 4.69) is 22.0 Å². The maximum atomic E-state index is 13.0. The van der Waals surface area contributed by atoms with Crippen LogP contribution in [0.4, 0.5) is 5.69 Å². The number of para-hydroxylation sites is 1. The van der Waals surface area contributed by atoms with E-state index in [1.165, 1.54) is 12.8 Å². The highest BCUT2D eigenvalue weighted by atomic mass is 16.2. The molecule has 134 valence electrons. The first kappa shape index (κ1) is 16.6. The molecule has 1 N–H and O–H groups in total. The van der Waals surface area contributed by atoms with Crippen LogP contribution in [0.3, 0.4) is 0 Å². The molecule has 3 heterocycles. The summed E-state index contributed by atoms with van der Waals surface area (Å²) < 4.78 is 0. The molecule has 5 heteroatoms. The van der Waals surface area contributed by atoms with Crippen molar-refractivity contribution in [2.24, 2.45) is 0 Å². The molecule has 25 heavy (non-hydrogen) atoms. The topological polar surface area (TPSA) is 52.7 Å². The average Bonchev–Trinajstić information content (AvgIpc) is 3.33. The SMILES string of the molecule is CCN1CCC[C@@H]1[C@H]1CCCN1C(=O)C[C@H]1C(=O)Nc2ccccc21. The van der Waals surface area contributed by atoms with E-state index in [9.17, 15) is 9.59 Å². The summed E-state index contributed by atoms with van der Waals surface area (Å²) in [6, 6.07) is 8.55. The molecule has 0 spiro atoms. The Balaban J connectivity index is 1.48. The Morgan fingerprint density at radius 1 is 1.16 bits per heavy atom. The highest BCUT2D eigenvalue weighted by Gasteiger charge is 2.41. The number of nitrogens with zero attached hydrogens (tertiary/aromatic N) is 2. The largest absolute Gasteiger partial charge is 0.338 e. The number of carbonyl (C=O) groups is 2. The van der Waals surface area contributed by atoms with Gasteiger partial charge < -0.3 is 10.2 Å². The number of hydrogen-bond acceptors (Lipinski definition) is 3. The first-order valence-corrected chi connectivity index (χ1v) is 9.62. The van der Waals surface area contributed by atoms with Crippen molar-refractivity contribution in [1.29, 1.82) is 0 Å². The number of amides is 2. The molecular weight excluding hydrogens is 314 g/mol. The summed E-state index contributed by atoms with van der Waals surface area (Å²) in [6.45, 7) is 5.26. The zero-order chi connectivity index (χ0) is 17.4. The fourth-order valence-corrected chi connectivity index (χ4v) is 4.95. The number of nitrogens with one attached hydrogen (secondary N) is 1. The van der Waals surface area contributed by atoms with Crippen molar-refractivity contribution >= 4 is 17.5 Å². The van der Waals surface area contributed by atoms with E-state index in [0.717, 1.165) is 43.7 Å². The van der Waals surface area contributed by atoms with Crippen molar-refractivity contribution in [2.45, 2.75) is 57.0 Å². The lowest BCUT2D eigenvalue weighted by Gasteiger charge is -2.35. The van der Waals surface area contributed by atoms with Crippen LogP contribution in [-0.2, 0) is 9.59 Å². The third-order valence-corrected chi connectivity index (χ3v) is 6.17. The maximum absolute atomic E-state index is 13.0. The summed E-state index contributed by atoms with van der Waals surface area (Å²) in [6.07, 6.45) is 4.89. The van der Waals surface area contributed by atoms with Crippen LogP contribution in [0.15, 0.2) is 24.3 Å². The summed E-state index contributed by atoms with van der Waals surface area (Å²) >= 11 is 0. The van der Waals surface area contributed by atoms with E-state index >= 15 is 0 Å². The third kappa shape index (κ3) is 2.95. The standard InChI is InChI=1S/C20H27N3O2/c1-2-22-11-5-9-17(22)18-10-6-12-23(18)19(24)13-15-14-7-3-4-8-16(14)21-20(15)25/h3-4,7-8,15,17-18H,2,5-6,9-13H2,1H3,(H,21,25)/t15-,17-,18-/m1/s1. The van der Waals surface area contributed by atoms with E-state index in [-0.39, 0.29) is 24.2 Å². The number of rotatable bonds is 4. The van der Waals surface area contributed by atoms with Gasteiger partial charge in [0.25, 0.3) is 0 Å². The second-order valence-electron chi connectivity index (χ2n) is 7.47. The van der Waals surface area contributed by atoms with Crippen molar-refractivity contribution in [2.75, 3.05) is 25.0 Å². The fraction of sp³-hybridized carbons (Fsp3) is 0.600. The Labute approximate surface area is 149 Å². The Kier molecular flexibility index (Phi) is 4.50. The van der Waals surface area contributed by atoms with Crippen LogP contribution in [-0.4, -0.2) is 53.3 Å². The second kappa shape index (κ2) is 6.79. The molecule has 3 atom stereocenters. The summed E-state index contributed by atoms with van der Waals surface area (Å²) in [4.78, 5) is 30.0. The van der Waals surface area contributed by atoms with E-state index in [1.807, 2.05) is 24.3 Å². The zero-order valence-electron chi connectivity index (χ0n) is 14.9. The molecule has 0 unspecified atom stereocenters. The number of anilines is 1. The molecule has 2 saturated heterocycles. The molecule has 2 amide bonds. The van der Waals surface area contributed by atoms with Gasteiger partial charge in [-0.05, 0) is 50.4 Å². The summed E-state index contributed by atoms with van der Waals surface area (Å²) in [5, 5.41) is 2.91. The van der Waals surface area contributed by atoms with E-state index in [0.29, 0.717) is 12.1 Å². The highest BCUT2D eigenvalue weighted by molar-refractivity contribution is 6.04. The fourth-order valence-electron chi connectivity index (χ4n) is 4.95. The number of hydrogen-bond donors (Lipinski definition) is 1. The Hall–Kier alpha value is -1.88. The van der Waals surface area contributed by atoms with Gasteiger partial charge in [-0.3, -0.25) is 14.5 Å². The summed E-state index contributed by atoms with van der Waals surface area (Å²) in [7, 11) is 0. The smallest absolute Gasteiger partial charge is 0.232 e. The molecule has 1 aromatic carbocycles. The number of likely N-dealkylation sites (tertiary alicyclic amines) is 2. The predicted octanol–water partition coefficient (Wildman–Crippen LogP) is 2.59. The van der Waals surface area contributed by atoms with Crippen molar-refractivity contribution in [3.8, 4) is 0 Å². The average molecular weight is 341 g/mol. The molecule has 4 rings (SSSR count). The van der Waals surface area contributed by atoms with Crippen LogP contribution in [0.1, 0.15) is 50.5 Å². The van der Waals surface area contributed by atoms with Gasteiger partial charge in [-0.15, -0.1) is 0 Å². The Bertz CT molecular complexity index is 675. The first-order valence-electron chi connectivity index (χ1n) is 9.62. The monoisotopic (exact) mass is 341 g/mol. The van der Waals surface area contributed by atoms with Crippen molar-refractivity contribution in [3.05, 3.63) is 29.8 Å². The minimum absolute atomic E-state index is 0.0404. The number of likely N-dealkylation sites (N-methyl/N-ethyl adjacent to an activating group) is 1. The summed E-state index contributed by atoms with van der Waals surface area (Å²) in [5.41, 5.74) is 1.82. The van der Waals surface area contributed by atoms with Crippen LogP contribution in [0.5, 0.6) is 0 Å². The maximum Gasteiger partial charge on any atom is 0.232 e. The van der Waals surface area contributed by atoms with Gasteiger partial charge in [0.15, 0.2) is 0 Å². The molecule has 1 aromatic rings.